The Hall–Kier alpha value is -3.13. The molecule has 0 amide bonds. The summed E-state index contributed by atoms with van der Waals surface area (Å²) in [4.78, 5) is 15.2. The van der Waals surface area contributed by atoms with Gasteiger partial charge in [0.1, 0.15) is 10.8 Å². The number of benzene rings is 2. The summed E-state index contributed by atoms with van der Waals surface area (Å²) in [6.07, 6.45) is 0.541. The Kier molecular flexibility index (Phi) is 4.64. The summed E-state index contributed by atoms with van der Waals surface area (Å²) in [5, 5.41) is 17.3. The Bertz CT molecular complexity index is 1120. The zero-order valence-electron chi connectivity index (χ0n) is 14.1. The van der Waals surface area contributed by atoms with Crippen LogP contribution in [0.2, 0.25) is 0 Å². The Balaban J connectivity index is 1.54. The van der Waals surface area contributed by atoms with Crippen LogP contribution in [0.15, 0.2) is 46.9 Å². The topological polar surface area (TPSA) is 89.1 Å². The van der Waals surface area contributed by atoms with Gasteiger partial charge in [-0.05, 0) is 35.4 Å². The first kappa shape index (κ1) is 17.3. The Morgan fingerprint density at radius 1 is 1.11 bits per heavy atom. The van der Waals surface area contributed by atoms with E-state index in [0.29, 0.717) is 18.2 Å². The van der Waals surface area contributed by atoms with E-state index in [2.05, 4.69) is 15.2 Å². The molecule has 8 heteroatoms. The Morgan fingerprint density at radius 2 is 1.93 bits per heavy atom. The smallest absolute Gasteiger partial charge is 0.303 e. The van der Waals surface area contributed by atoms with E-state index in [1.165, 1.54) is 23.5 Å². The Labute approximate surface area is 157 Å². The van der Waals surface area contributed by atoms with Gasteiger partial charge < -0.3 is 9.52 Å². The summed E-state index contributed by atoms with van der Waals surface area (Å²) in [6, 6.07) is 12.3. The normalized spacial score (nSPS) is 11.1. The summed E-state index contributed by atoms with van der Waals surface area (Å²) in [5.41, 5.74) is 2.58. The number of aryl methyl sites for hydroxylation is 1. The molecular formula is C19H14FN3O3S. The highest BCUT2D eigenvalue weighted by Crippen LogP contribution is 2.29. The van der Waals surface area contributed by atoms with E-state index in [9.17, 15) is 9.18 Å². The van der Waals surface area contributed by atoms with Crippen molar-refractivity contribution in [2.24, 2.45) is 0 Å². The monoisotopic (exact) mass is 383 g/mol. The largest absolute Gasteiger partial charge is 0.481 e. The molecule has 4 aromatic rings. The molecule has 4 rings (SSSR count). The van der Waals surface area contributed by atoms with Crippen molar-refractivity contribution >= 4 is 27.5 Å². The fourth-order valence-electron chi connectivity index (χ4n) is 2.70. The first-order valence-electron chi connectivity index (χ1n) is 8.25. The molecule has 0 fully saturated rings. The molecule has 6 nitrogen and oxygen atoms in total. The van der Waals surface area contributed by atoms with Crippen LogP contribution in [-0.4, -0.2) is 26.3 Å². The molecule has 136 valence electrons. The van der Waals surface area contributed by atoms with E-state index in [-0.39, 0.29) is 18.7 Å². The summed E-state index contributed by atoms with van der Waals surface area (Å²) < 4.78 is 19.9. The van der Waals surface area contributed by atoms with Gasteiger partial charge in [0.05, 0.1) is 23.1 Å². The molecule has 0 aliphatic carbocycles. The average Bonchev–Trinajstić information content (AvgIpc) is 3.25. The average molecular weight is 383 g/mol. The maximum Gasteiger partial charge on any atom is 0.303 e. The van der Waals surface area contributed by atoms with Gasteiger partial charge in [0, 0.05) is 6.42 Å². The molecule has 1 N–H and O–H groups in total. The van der Waals surface area contributed by atoms with Crippen LogP contribution in [0.5, 0.6) is 0 Å². The minimum Gasteiger partial charge on any atom is -0.481 e. The van der Waals surface area contributed by atoms with Gasteiger partial charge in [0.15, 0.2) is 0 Å². The van der Waals surface area contributed by atoms with Crippen molar-refractivity contribution < 1.29 is 18.7 Å². The zero-order valence-corrected chi connectivity index (χ0v) is 14.9. The van der Waals surface area contributed by atoms with E-state index in [1.807, 2.05) is 24.3 Å². The number of thiazole rings is 1. The minimum absolute atomic E-state index is 0.0500. The Morgan fingerprint density at radius 3 is 2.74 bits per heavy atom. The number of carboxylic acid groups (broad SMARTS) is 1. The lowest BCUT2D eigenvalue weighted by molar-refractivity contribution is -0.137. The molecule has 2 aromatic carbocycles. The number of hydrogen-bond donors (Lipinski definition) is 1. The molecule has 0 aliphatic heterocycles. The molecule has 0 saturated carbocycles. The van der Waals surface area contributed by atoms with Crippen LogP contribution in [0.1, 0.15) is 23.2 Å². The predicted octanol–water partition coefficient (Wildman–Crippen LogP) is 4.09. The number of fused-ring (bicyclic) bond motifs is 1. The number of aliphatic carboxylic acids is 1. The van der Waals surface area contributed by atoms with Gasteiger partial charge in [-0.25, -0.2) is 9.37 Å². The molecule has 0 atom stereocenters. The molecule has 27 heavy (non-hydrogen) atoms. The van der Waals surface area contributed by atoms with Crippen LogP contribution >= 0.6 is 11.3 Å². The van der Waals surface area contributed by atoms with Gasteiger partial charge in [0.2, 0.25) is 11.8 Å². The van der Waals surface area contributed by atoms with Crippen molar-refractivity contribution in [1.29, 1.82) is 0 Å². The first-order chi connectivity index (χ1) is 13.1. The molecule has 2 heterocycles. The van der Waals surface area contributed by atoms with Crippen molar-refractivity contribution in [2.75, 3.05) is 0 Å². The number of carbonyl (C=O) groups is 1. The van der Waals surface area contributed by atoms with E-state index in [4.69, 9.17) is 9.52 Å². The summed E-state index contributed by atoms with van der Waals surface area (Å²) in [5.74, 6) is -0.468. The van der Waals surface area contributed by atoms with Crippen molar-refractivity contribution in [3.8, 4) is 11.1 Å². The van der Waals surface area contributed by atoms with Gasteiger partial charge in [-0.1, -0.05) is 18.2 Å². The summed E-state index contributed by atoms with van der Waals surface area (Å²) >= 11 is 1.51. The molecule has 2 aromatic heterocycles. The fraction of sp³-hybridized carbons (Fsp3) is 0.158. The third-order valence-corrected chi connectivity index (χ3v) is 4.97. The highest BCUT2D eigenvalue weighted by atomic mass is 32.1. The van der Waals surface area contributed by atoms with E-state index in [1.54, 1.807) is 6.07 Å². The van der Waals surface area contributed by atoms with E-state index < -0.39 is 5.97 Å². The van der Waals surface area contributed by atoms with Crippen LogP contribution in [0.25, 0.3) is 21.3 Å². The minimum atomic E-state index is -0.907. The maximum absolute atomic E-state index is 13.4. The van der Waals surface area contributed by atoms with E-state index >= 15 is 0 Å². The maximum atomic E-state index is 13.4. The lowest BCUT2D eigenvalue weighted by atomic mass is 10.1. The number of nitrogens with zero attached hydrogens (tertiary/aromatic N) is 3. The number of halogens is 1. The molecule has 0 bridgehead atoms. The van der Waals surface area contributed by atoms with Crippen LogP contribution < -0.4 is 0 Å². The molecular weight excluding hydrogens is 369 g/mol. The predicted molar refractivity (Wildman–Crippen MR) is 98.1 cm³/mol. The van der Waals surface area contributed by atoms with Crippen LogP contribution in [-0.2, 0) is 17.6 Å². The lowest BCUT2D eigenvalue weighted by Gasteiger charge is -2.01. The third-order valence-electron chi connectivity index (χ3n) is 3.95. The second-order valence-corrected chi connectivity index (χ2v) is 7.08. The number of rotatable bonds is 6. The molecule has 0 radical (unpaired) electrons. The second kappa shape index (κ2) is 7.24. The lowest BCUT2D eigenvalue weighted by Crippen LogP contribution is -1.97. The van der Waals surface area contributed by atoms with Gasteiger partial charge in [-0.3, -0.25) is 4.79 Å². The summed E-state index contributed by atoms with van der Waals surface area (Å²) in [7, 11) is 0. The van der Waals surface area contributed by atoms with Crippen molar-refractivity contribution in [2.45, 2.75) is 19.3 Å². The highest BCUT2D eigenvalue weighted by Gasteiger charge is 2.12. The van der Waals surface area contributed by atoms with Crippen LogP contribution in [0, 0.1) is 5.82 Å². The second-order valence-electron chi connectivity index (χ2n) is 5.96. The highest BCUT2D eigenvalue weighted by molar-refractivity contribution is 7.18. The molecule has 0 aliphatic rings. The van der Waals surface area contributed by atoms with Crippen molar-refractivity contribution in [3.05, 3.63) is 65.1 Å². The third kappa shape index (κ3) is 4.01. The fourth-order valence-corrected chi connectivity index (χ4v) is 3.70. The quantitative estimate of drug-likeness (QED) is 0.539. The van der Waals surface area contributed by atoms with Gasteiger partial charge in [-0.15, -0.1) is 21.5 Å². The van der Waals surface area contributed by atoms with Gasteiger partial charge in [-0.2, -0.15) is 0 Å². The molecule has 0 spiro atoms. The number of hydrogen-bond acceptors (Lipinski definition) is 6. The SMILES string of the molecule is O=C(O)CCc1nnc(Cc2nc3ccc(-c4cccc(F)c4)cc3s2)o1. The zero-order chi connectivity index (χ0) is 18.8. The van der Waals surface area contributed by atoms with Gasteiger partial charge >= 0.3 is 5.97 Å². The molecule has 0 saturated heterocycles. The van der Waals surface area contributed by atoms with Gasteiger partial charge in [0.25, 0.3) is 0 Å². The number of carboxylic acids is 1. The van der Waals surface area contributed by atoms with Crippen molar-refractivity contribution in [1.82, 2.24) is 15.2 Å². The van der Waals surface area contributed by atoms with E-state index in [0.717, 1.165) is 26.4 Å². The van der Waals surface area contributed by atoms with Crippen LogP contribution in [0.3, 0.4) is 0 Å². The summed E-state index contributed by atoms with van der Waals surface area (Å²) in [6.45, 7) is 0. The first-order valence-corrected chi connectivity index (χ1v) is 9.07. The van der Waals surface area contributed by atoms with Crippen molar-refractivity contribution in [3.63, 3.8) is 0 Å². The standard InChI is InChI=1S/C19H14FN3O3S/c20-13-3-1-2-11(8-13)12-4-5-14-15(9-12)27-18(21-14)10-17-23-22-16(26-17)6-7-19(24)25/h1-5,8-9H,6-7,10H2,(H,24,25). The number of aromatic nitrogens is 3. The van der Waals surface area contributed by atoms with Crippen LogP contribution in [0.4, 0.5) is 4.39 Å². The molecule has 0 unspecified atom stereocenters.